The second-order valence-corrected chi connectivity index (χ2v) is 12.0. The molecule has 0 aliphatic rings. The molecule has 0 spiro atoms. The van der Waals surface area contributed by atoms with E-state index in [0.717, 1.165) is 10.6 Å². The number of sulfonamides is 1. The fourth-order valence-electron chi connectivity index (χ4n) is 5.06. The molecule has 0 amide bonds. The number of hydrogen-bond donors (Lipinski definition) is 1. The maximum absolute atomic E-state index is 14.4. The molecule has 3 aromatic heterocycles. The lowest BCUT2D eigenvalue weighted by molar-refractivity contribution is 0.0989. The zero-order chi connectivity index (χ0) is 29.8. The molecule has 3 aromatic carbocycles. The number of nitrogens with one attached hydrogen (secondary N) is 1. The number of hydrogen-bond acceptors (Lipinski definition) is 5. The molecule has 6 aromatic rings. The van der Waals surface area contributed by atoms with Gasteiger partial charge in [-0.25, -0.2) is 17.2 Å². The summed E-state index contributed by atoms with van der Waals surface area (Å²) in [6.45, 7) is 1.74. The van der Waals surface area contributed by atoms with E-state index in [9.17, 15) is 22.0 Å². The summed E-state index contributed by atoms with van der Waals surface area (Å²) < 4.78 is 60.8. The first-order chi connectivity index (χ1) is 20.0. The number of H-pyrrole nitrogens is 1. The number of anilines is 1. The lowest BCUT2D eigenvalue weighted by Crippen LogP contribution is -2.25. The van der Waals surface area contributed by atoms with Crippen molar-refractivity contribution in [1.29, 1.82) is 0 Å². The van der Waals surface area contributed by atoms with Crippen LogP contribution in [0.25, 0.3) is 55.7 Å². The molecular formula is C32H25F2N3O4S. The van der Waals surface area contributed by atoms with E-state index in [0.29, 0.717) is 61.2 Å². The number of halogens is 2. The molecule has 0 radical (unpaired) electrons. The Kier molecular flexibility index (Phi) is 6.65. The van der Waals surface area contributed by atoms with Gasteiger partial charge < -0.3 is 9.40 Å². The van der Waals surface area contributed by atoms with Crippen LogP contribution in [-0.2, 0) is 10.0 Å². The first kappa shape index (κ1) is 27.3. The van der Waals surface area contributed by atoms with Gasteiger partial charge in [0.05, 0.1) is 28.9 Å². The van der Waals surface area contributed by atoms with Crippen LogP contribution in [0.2, 0.25) is 0 Å². The van der Waals surface area contributed by atoms with Crippen LogP contribution in [0.5, 0.6) is 0 Å². The van der Waals surface area contributed by atoms with Gasteiger partial charge in [0, 0.05) is 53.1 Å². The second kappa shape index (κ2) is 10.2. The number of furan rings is 1. The van der Waals surface area contributed by atoms with Gasteiger partial charge in [0.25, 0.3) is 0 Å². The molecule has 0 saturated heterocycles. The number of Topliss-reactive ketones (excluding diaryl/α,β-unsaturated/α-hetero) is 1. The van der Waals surface area contributed by atoms with Crippen LogP contribution in [-0.4, -0.2) is 37.5 Å². The SMILES string of the molecule is CCC(=O)c1c(-c2ccc(F)cc2)oc2cc(N(C)S(C)(=O)=O)c(-c3ccnc(-c4cc5c(F)cccc5[nH]4)c3)cc12. The summed E-state index contributed by atoms with van der Waals surface area (Å²) in [5, 5.41) is 0.918. The van der Waals surface area contributed by atoms with E-state index >= 15 is 0 Å². The number of aromatic amines is 1. The molecule has 42 heavy (non-hydrogen) atoms. The first-order valence-electron chi connectivity index (χ1n) is 13.1. The average molecular weight is 586 g/mol. The van der Waals surface area contributed by atoms with Crippen molar-refractivity contribution in [2.24, 2.45) is 0 Å². The Balaban J connectivity index is 1.60. The third-order valence-electron chi connectivity index (χ3n) is 7.31. The highest BCUT2D eigenvalue weighted by Gasteiger charge is 2.26. The third kappa shape index (κ3) is 4.73. The molecule has 0 fully saturated rings. The predicted molar refractivity (Wildman–Crippen MR) is 160 cm³/mol. The van der Waals surface area contributed by atoms with Crippen LogP contribution in [0.1, 0.15) is 23.7 Å². The smallest absolute Gasteiger partial charge is 0.232 e. The van der Waals surface area contributed by atoms with E-state index in [4.69, 9.17) is 4.42 Å². The van der Waals surface area contributed by atoms with Gasteiger partial charge in [0.15, 0.2) is 5.78 Å². The molecule has 0 aliphatic heterocycles. The number of aromatic nitrogens is 2. The number of carbonyl (C=O) groups is 1. The fraction of sp³-hybridized carbons (Fsp3) is 0.125. The highest BCUT2D eigenvalue weighted by molar-refractivity contribution is 7.92. The van der Waals surface area contributed by atoms with Crippen molar-refractivity contribution >= 4 is 43.4 Å². The molecule has 7 nitrogen and oxygen atoms in total. The van der Waals surface area contributed by atoms with Crippen LogP contribution >= 0.6 is 0 Å². The van der Waals surface area contributed by atoms with Crippen molar-refractivity contribution in [1.82, 2.24) is 9.97 Å². The molecule has 10 heteroatoms. The van der Waals surface area contributed by atoms with Crippen molar-refractivity contribution in [3.8, 4) is 33.8 Å². The van der Waals surface area contributed by atoms with Gasteiger partial charge in [-0.1, -0.05) is 13.0 Å². The highest BCUT2D eigenvalue weighted by atomic mass is 32.2. The standard InChI is InChI=1S/C32H25F2N3O4S/c1-4-29(38)31-23-15-21(19-12-13-35-26(14-19)27-16-22-24(34)6-5-7-25(22)36-27)28(37(2)42(3,39)40)17-30(23)41-32(31)18-8-10-20(33)11-9-18/h5-17,36H,4H2,1-3H3. The second-order valence-electron chi connectivity index (χ2n) is 10.00. The lowest BCUT2D eigenvalue weighted by Gasteiger charge is -2.21. The van der Waals surface area contributed by atoms with Gasteiger partial charge in [0.2, 0.25) is 10.0 Å². The number of ketones is 1. The fourth-order valence-corrected chi connectivity index (χ4v) is 5.57. The van der Waals surface area contributed by atoms with E-state index in [1.165, 1.54) is 37.4 Å². The number of pyridine rings is 1. The molecule has 0 saturated carbocycles. The number of fused-ring (bicyclic) bond motifs is 2. The molecular weight excluding hydrogens is 560 g/mol. The van der Waals surface area contributed by atoms with Crippen molar-refractivity contribution in [2.45, 2.75) is 13.3 Å². The summed E-state index contributed by atoms with van der Waals surface area (Å²) in [4.78, 5) is 20.9. The molecule has 1 N–H and O–H groups in total. The summed E-state index contributed by atoms with van der Waals surface area (Å²) in [5.41, 5.74) is 4.31. The van der Waals surface area contributed by atoms with Crippen molar-refractivity contribution < 1.29 is 26.4 Å². The average Bonchev–Trinajstić information content (AvgIpc) is 3.58. The van der Waals surface area contributed by atoms with E-state index in [2.05, 4.69) is 9.97 Å². The Morgan fingerprint density at radius 1 is 0.976 bits per heavy atom. The molecule has 0 aliphatic carbocycles. The van der Waals surface area contributed by atoms with Gasteiger partial charge in [-0.3, -0.25) is 14.1 Å². The van der Waals surface area contributed by atoms with Gasteiger partial charge in [0.1, 0.15) is 23.0 Å². The maximum Gasteiger partial charge on any atom is 0.232 e. The minimum absolute atomic E-state index is 0.182. The van der Waals surface area contributed by atoms with Crippen molar-refractivity contribution in [3.63, 3.8) is 0 Å². The summed E-state index contributed by atoms with van der Waals surface area (Å²) in [5.74, 6) is -0.696. The van der Waals surface area contributed by atoms with Crippen molar-refractivity contribution in [3.05, 3.63) is 96.2 Å². The van der Waals surface area contributed by atoms with Crippen molar-refractivity contribution in [2.75, 3.05) is 17.6 Å². The summed E-state index contributed by atoms with van der Waals surface area (Å²) in [7, 11) is -2.27. The highest BCUT2D eigenvalue weighted by Crippen LogP contribution is 2.42. The van der Waals surface area contributed by atoms with E-state index in [1.54, 1.807) is 55.6 Å². The van der Waals surface area contributed by atoms with Gasteiger partial charge in [-0.2, -0.15) is 0 Å². The Morgan fingerprint density at radius 2 is 1.74 bits per heavy atom. The van der Waals surface area contributed by atoms with Gasteiger partial charge in [-0.05, 0) is 66.2 Å². The van der Waals surface area contributed by atoms with Crippen LogP contribution < -0.4 is 4.31 Å². The third-order valence-corrected chi connectivity index (χ3v) is 8.50. The summed E-state index contributed by atoms with van der Waals surface area (Å²) >= 11 is 0. The van der Waals surface area contributed by atoms with Gasteiger partial charge in [-0.15, -0.1) is 0 Å². The van der Waals surface area contributed by atoms with E-state index in [1.807, 2.05) is 0 Å². The molecule has 212 valence electrons. The maximum atomic E-state index is 14.4. The normalized spacial score (nSPS) is 11.8. The zero-order valence-electron chi connectivity index (χ0n) is 22.9. The number of nitrogens with zero attached hydrogens (tertiary/aromatic N) is 2. The van der Waals surface area contributed by atoms with Gasteiger partial charge >= 0.3 is 0 Å². The molecule has 0 bridgehead atoms. The Morgan fingerprint density at radius 3 is 2.43 bits per heavy atom. The summed E-state index contributed by atoms with van der Waals surface area (Å²) in [6, 6.07) is 18.9. The topological polar surface area (TPSA) is 96.3 Å². The number of carbonyl (C=O) groups excluding carboxylic acids is 1. The Labute approximate surface area is 240 Å². The molecule has 0 atom stereocenters. The van der Waals surface area contributed by atoms with E-state index < -0.39 is 15.8 Å². The first-order valence-corrected chi connectivity index (χ1v) is 15.0. The molecule has 6 rings (SSSR count). The van der Waals surface area contributed by atoms with Crippen LogP contribution in [0, 0.1) is 11.6 Å². The minimum Gasteiger partial charge on any atom is -0.455 e. The molecule has 0 unspecified atom stereocenters. The minimum atomic E-state index is -3.70. The number of rotatable bonds is 7. The van der Waals surface area contributed by atoms with Crippen LogP contribution in [0.4, 0.5) is 14.5 Å². The quantitative estimate of drug-likeness (QED) is 0.195. The number of benzene rings is 3. The monoisotopic (exact) mass is 585 g/mol. The Hall–Kier alpha value is -4.83. The Bertz CT molecular complexity index is 2120. The largest absolute Gasteiger partial charge is 0.455 e. The zero-order valence-corrected chi connectivity index (χ0v) is 23.7. The lowest BCUT2D eigenvalue weighted by atomic mass is 9.96. The predicted octanol–water partition coefficient (Wildman–Crippen LogP) is 7.58. The summed E-state index contributed by atoms with van der Waals surface area (Å²) in [6.07, 6.45) is 2.87. The van der Waals surface area contributed by atoms with Crippen LogP contribution in [0.15, 0.2) is 83.4 Å². The van der Waals surface area contributed by atoms with E-state index in [-0.39, 0.29) is 23.8 Å². The molecule has 3 heterocycles. The van der Waals surface area contributed by atoms with Crippen LogP contribution in [0.3, 0.4) is 0 Å².